The van der Waals surface area contributed by atoms with Crippen molar-refractivity contribution in [3.8, 4) is 0 Å². The number of rotatable bonds is 9. The fourth-order valence-electron chi connectivity index (χ4n) is 3.27. The van der Waals surface area contributed by atoms with Crippen molar-refractivity contribution in [2.24, 2.45) is 4.99 Å². The molecule has 0 saturated carbocycles. The number of esters is 1. The number of carbonyl (C=O) groups is 2. The third-order valence-corrected chi connectivity index (χ3v) is 5.79. The zero-order valence-corrected chi connectivity index (χ0v) is 24.0. The molecule has 0 radical (unpaired) electrons. The molecule has 0 saturated heterocycles. The van der Waals surface area contributed by atoms with Crippen molar-refractivity contribution in [1.82, 2.24) is 14.5 Å². The second kappa shape index (κ2) is 15.3. The summed E-state index contributed by atoms with van der Waals surface area (Å²) >= 11 is 17.5. The summed E-state index contributed by atoms with van der Waals surface area (Å²) in [6.07, 6.45) is 5.61. The van der Waals surface area contributed by atoms with E-state index in [-0.39, 0.29) is 56.4 Å². The fraction of sp³-hybridized carbons (Fsp3) is 0.308. The quantitative estimate of drug-likeness (QED) is 0.117. The molecule has 13 heteroatoms. The van der Waals surface area contributed by atoms with E-state index < -0.39 is 11.8 Å². The predicted octanol–water partition coefficient (Wildman–Crippen LogP) is 5.21. The number of methoxy groups -OCH3 is 1. The summed E-state index contributed by atoms with van der Waals surface area (Å²) in [5, 5.41) is 11.2. The molecule has 0 aliphatic rings. The minimum atomic E-state index is -0.621. The summed E-state index contributed by atoms with van der Waals surface area (Å²) in [5.74, 6) is -1.34. The molecule has 3 aromatic rings. The number of aryl methyl sites for hydroxylation is 1. The number of hydrogen-bond donors (Lipinski definition) is 1. The van der Waals surface area contributed by atoms with E-state index in [1.807, 2.05) is 13.8 Å². The third kappa shape index (κ3) is 8.34. The summed E-state index contributed by atoms with van der Waals surface area (Å²) in [5.41, 5.74) is 0.498. The molecule has 0 unspecified atom stereocenters. The van der Waals surface area contributed by atoms with Crippen LogP contribution in [-0.2, 0) is 20.8 Å². The van der Waals surface area contributed by atoms with Crippen molar-refractivity contribution < 1.29 is 24.2 Å². The lowest BCUT2D eigenvalue weighted by molar-refractivity contribution is -0.118. The molecule has 10 nitrogen and oxygen atoms in total. The van der Waals surface area contributed by atoms with E-state index >= 15 is 0 Å². The molecule has 3 aromatic heterocycles. The second-order valence-corrected chi connectivity index (χ2v) is 8.82. The highest BCUT2D eigenvalue weighted by atomic mass is 35.5. The number of Topliss-reactive ketones (excluding diaryl/α,β-unsaturated/α-hetero) is 1. The minimum absolute atomic E-state index is 0.0119. The van der Waals surface area contributed by atoms with Crippen LogP contribution in [0.25, 0.3) is 16.7 Å². The number of aromatic nitrogens is 3. The molecular weight excluding hydrogens is 571 g/mol. The van der Waals surface area contributed by atoms with Crippen molar-refractivity contribution in [1.29, 1.82) is 0 Å². The first kappa shape index (κ1) is 31.9. The van der Waals surface area contributed by atoms with E-state index in [2.05, 4.69) is 15.0 Å². The highest BCUT2D eigenvalue weighted by Crippen LogP contribution is 2.26. The van der Waals surface area contributed by atoms with E-state index in [0.29, 0.717) is 24.0 Å². The Morgan fingerprint density at radius 3 is 2.36 bits per heavy atom. The normalized spacial score (nSPS) is 11.7. The second-order valence-electron chi connectivity index (χ2n) is 7.64. The summed E-state index contributed by atoms with van der Waals surface area (Å²) in [6, 6.07) is 2.84. The Kier molecular flexibility index (Phi) is 12.5. The van der Waals surface area contributed by atoms with Gasteiger partial charge in [-0.25, -0.2) is 14.8 Å². The van der Waals surface area contributed by atoms with E-state index in [1.165, 1.54) is 44.0 Å². The number of fused-ring (bicyclic) bond motifs is 1. The number of aliphatic hydroxyl groups is 1. The number of ketones is 1. The summed E-state index contributed by atoms with van der Waals surface area (Å²) in [4.78, 5) is 47.7. The third-order valence-electron chi connectivity index (χ3n) is 5.08. The standard InChI is InChI=1S/C13H14Cl2N2O3.C13H13ClN2O3/c1-3-16-5-9(11(18)7-20-2)13(19)8-4-12(15)17-6-10(8)14;1-3-16-7-9(13(18)19-4-2)12(17)8-5-11(14)15-6-10(8)16/h4-6,19H,3,7H2,1-2H3;5-7H,3-4H2,1-2H3. The summed E-state index contributed by atoms with van der Waals surface area (Å²) < 4.78 is 11.4. The Labute approximate surface area is 239 Å². The van der Waals surface area contributed by atoms with Gasteiger partial charge in [-0.15, -0.1) is 0 Å². The molecule has 0 atom stereocenters. The van der Waals surface area contributed by atoms with Crippen LogP contribution in [0.2, 0.25) is 15.3 Å². The smallest absolute Gasteiger partial charge is 0.343 e. The van der Waals surface area contributed by atoms with Gasteiger partial charge in [0.05, 0.1) is 34.3 Å². The van der Waals surface area contributed by atoms with Gasteiger partial charge < -0.3 is 19.1 Å². The number of aliphatic imine (C=N–C) groups is 1. The fourth-order valence-corrected chi connectivity index (χ4v) is 3.78. The van der Waals surface area contributed by atoms with Crippen molar-refractivity contribution in [3.05, 3.63) is 73.0 Å². The monoisotopic (exact) mass is 596 g/mol. The van der Waals surface area contributed by atoms with Crippen LogP contribution in [0.1, 0.15) is 36.7 Å². The Bertz CT molecular complexity index is 1470. The van der Waals surface area contributed by atoms with Crippen LogP contribution < -0.4 is 5.43 Å². The van der Waals surface area contributed by atoms with E-state index in [9.17, 15) is 19.5 Å². The maximum Gasteiger partial charge on any atom is 0.343 e. The molecule has 3 rings (SSSR count). The number of halogens is 3. The lowest BCUT2D eigenvalue weighted by Crippen LogP contribution is -2.20. The van der Waals surface area contributed by atoms with Gasteiger partial charge in [-0.3, -0.25) is 14.6 Å². The molecule has 0 bridgehead atoms. The molecule has 0 aliphatic heterocycles. The SMILES string of the molecule is CCN=CC(C(=O)COC)=C(O)c1cc(Cl)ncc1Cl.CCOC(=O)c1cn(CC)c2cnc(Cl)cc2c1=O. The Balaban J connectivity index is 0.000000274. The largest absolute Gasteiger partial charge is 0.506 e. The lowest BCUT2D eigenvalue weighted by Gasteiger charge is -2.10. The summed E-state index contributed by atoms with van der Waals surface area (Å²) in [7, 11) is 1.39. The number of aliphatic hydroxyl groups excluding tert-OH is 1. The van der Waals surface area contributed by atoms with Crippen molar-refractivity contribution in [2.45, 2.75) is 27.3 Å². The number of carbonyl (C=O) groups excluding carboxylic acids is 2. The Morgan fingerprint density at radius 1 is 1.08 bits per heavy atom. The maximum absolute atomic E-state index is 12.3. The molecule has 208 valence electrons. The zero-order valence-electron chi connectivity index (χ0n) is 21.7. The van der Waals surface area contributed by atoms with Crippen molar-refractivity contribution in [2.75, 3.05) is 26.9 Å². The van der Waals surface area contributed by atoms with Crippen LogP contribution in [0.15, 0.2) is 46.1 Å². The first-order valence-electron chi connectivity index (χ1n) is 11.7. The first-order valence-corrected chi connectivity index (χ1v) is 12.8. The van der Waals surface area contributed by atoms with Crippen LogP contribution in [0.3, 0.4) is 0 Å². The molecule has 3 heterocycles. The molecule has 0 fully saturated rings. The number of nitrogens with zero attached hydrogens (tertiary/aromatic N) is 4. The molecule has 0 amide bonds. The van der Waals surface area contributed by atoms with E-state index in [0.717, 1.165) is 0 Å². The molecule has 0 spiro atoms. The minimum Gasteiger partial charge on any atom is -0.506 e. The number of pyridine rings is 3. The summed E-state index contributed by atoms with van der Waals surface area (Å²) in [6.45, 7) is 6.53. The highest BCUT2D eigenvalue weighted by molar-refractivity contribution is 6.34. The van der Waals surface area contributed by atoms with Crippen LogP contribution in [0, 0.1) is 0 Å². The average molecular weight is 598 g/mol. The molecule has 39 heavy (non-hydrogen) atoms. The van der Waals surface area contributed by atoms with Gasteiger partial charge >= 0.3 is 5.97 Å². The van der Waals surface area contributed by atoms with Crippen LogP contribution in [-0.4, -0.2) is 64.5 Å². The molecule has 0 aliphatic carbocycles. The van der Waals surface area contributed by atoms with Crippen LogP contribution in [0.5, 0.6) is 0 Å². The molecular formula is C26H27Cl3N4O6. The van der Waals surface area contributed by atoms with Gasteiger partial charge in [-0.2, -0.15) is 0 Å². The van der Waals surface area contributed by atoms with Gasteiger partial charge in [-0.05, 0) is 32.9 Å². The van der Waals surface area contributed by atoms with E-state index in [1.54, 1.807) is 11.5 Å². The van der Waals surface area contributed by atoms with Gasteiger partial charge in [-0.1, -0.05) is 34.8 Å². The van der Waals surface area contributed by atoms with Gasteiger partial charge in [0, 0.05) is 44.4 Å². The van der Waals surface area contributed by atoms with Crippen molar-refractivity contribution >= 4 is 69.4 Å². The topological polar surface area (TPSA) is 133 Å². The van der Waals surface area contributed by atoms with Crippen molar-refractivity contribution in [3.63, 3.8) is 0 Å². The predicted molar refractivity (Wildman–Crippen MR) is 152 cm³/mol. The Hall–Kier alpha value is -3.31. The molecule has 0 aromatic carbocycles. The van der Waals surface area contributed by atoms with Gasteiger partial charge in [0.1, 0.15) is 28.2 Å². The maximum atomic E-state index is 12.3. The van der Waals surface area contributed by atoms with Gasteiger partial charge in [0.2, 0.25) is 5.43 Å². The van der Waals surface area contributed by atoms with Gasteiger partial charge in [0.15, 0.2) is 5.78 Å². The zero-order chi connectivity index (χ0) is 29.1. The first-order chi connectivity index (χ1) is 18.6. The number of hydrogen-bond acceptors (Lipinski definition) is 9. The number of ether oxygens (including phenoxy) is 2. The highest BCUT2D eigenvalue weighted by Gasteiger charge is 2.18. The Morgan fingerprint density at radius 2 is 1.74 bits per heavy atom. The van der Waals surface area contributed by atoms with Gasteiger partial charge in [0.25, 0.3) is 0 Å². The van der Waals surface area contributed by atoms with Crippen LogP contribution >= 0.6 is 34.8 Å². The lowest BCUT2D eigenvalue weighted by atomic mass is 10.1. The van der Waals surface area contributed by atoms with Crippen LogP contribution in [0.4, 0.5) is 0 Å². The average Bonchev–Trinajstić information content (AvgIpc) is 2.91. The molecule has 1 N–H and O–H groups in total. The van der Waals surface area contributed by atoms with E-state index in [4.69, 9.17) is 44.3 Å².